The van der Waals surface area contributed by atoms with Crippen LogP contribution >= 0.6 is 0 Å². The molecule has 1 aliphatic heterocycles. The van der Waals surface area contributed by atoms with Gasteiger partial charge in [-0.25, -0.2) is 0 Å². The van der Waals surface area contributed by atoms with E-state index in [0.717, 1.165) is 19.3 Å². The number of nitrogens with zero attached hydrogens (tertiary/aromatic N) is 1. The van der Waals surface area contributed by atoms with Crippen LogP contribution in [0.5, 0.6) is 0 Å². The molecule has 0 spiro atoms. The molecular formula is C18H23NO4. The van der Waals surface area contributed by atoms with E-state index in [-0.39, 0.29) is 30.3 Å². The molecule has 1 aromatic rings. The molecule has 23 heavy (non-hydrogen) atoms. The first kappa shape index (κ1) is 16.0. The number of aryl methyl sites for hydroxylation is 1. The predicted octanol–water partition coefficient (Wildman–Crippen LogP) is 2.19. The van der Waals surface area contributed by atoms with Gasteiger partial charge < -0.3 is 14.7 Å². The molecule has 2 unspecified atom stereocenters. The smallest absolute Gasteiger partial charge is 0.323 e. The third-order valence-corrected chi connectivity index (χ3v) is 4.92. The maximum Gasteiger partial charge on any atom is 0.323 e. The molecule has 0 aromatic heterocycles. The van der Waals surface area contributed by atoms with Crippen molar-refractivity contribution in [3.63, 3.8) is 0 Å². The maximum atomic E-state index is 12.9. The van der Waals surface area contributed by atoms with E-state index in [1.165, 1.54) is 11.1 Å². The average molecular weight is 317 g/mol. The minimum Gasteiger partial charge on any atom is -0.480 e. The molecule has 0 bridgehead atoms. The molecule has 2 fully saturated rings. The second kappa shape index (κ2) is 6.71. The Bertz CT molecular complexity index is 594. The zero-order chi connectivity index (χ0) is 16.4. The molecule has 5 nitrogen and oxygen atoms in total. The number of carboxylic acid groups (broad SMARTS) is 1. The van der Waals surface area contributed by atoms with Crippen LogP contribution in [0.25, 0.3) is 0 Å². The summed E-state index contributed by atoms with van der Waals surface area (Å²) in [6.45, 7) is 3.04. The van der Waals surface area contributed by atoms with Crippen LogP contribution in [-0.2, 0) is 14.3 Å². The van der Waals surface area contributed by atoms with Gasteiger partial charge in [-0.15, -0.1) is 0 Å². The molecule has 124 valence electrons. The summed E-state index contributed by atoms with van der Waals surface area (Å²) in [6, 6.07) is 8.11. The van der Waals surface area contributed by atoms with E-state index in [9.17, 15) is 9.59 Å². The summed E-state index contributed by atoms with van der Waals surface area (Å²) in [7, 11) is 0. The van der Waals surface area contributed by atoms with Gasteiger partial charge >= 0.3 is 5.97 Å². The number of benzene rings is 1. The van der Waals surface area contributed by atoms with E-state index >= 15 is 0 Å². The highest BCUT2D eigenvalue weighted by atomic mass is 16.5. The Hall–Kier alpha value is -1.88. The van der Waals surface area contributed by atoms with Gasteiger partial charge in [0.05, 0.1) is 0 Å². The number of rotatable bonds is 5. The van der Waals surface area contributed by atoms with E-state index < -0.39 is 5.97 Å². The average Bonchev–Trinajstić information content (AvgIpc) is 3.33. The van der Waals surface area contributed by atoms with Crippen molar-refractivity contribution in [1.82, 2.24) is 4.90 Å². The van der Waals surface area contributed by atoms with Crippen molar-refractivity contribution in [3.8, 4) is 0 Å². The third kappa shape index (κ3) is 3.55. The lowest BCUT2D eigenvalue weighted by Crippen LogP contribution is -2.46. The zero-order valence-corrected chi connectivity index (χ0v) is 13.4. The second-order valence-corrected chi connectivity index (χ2v) is 6.51. The van der Waals surface area contributed by atoms with Crippen LogP contribution in [0, 0.1) is 12.8 Å². The van der Waals surface area contributed by atoms with Gasteiger partial charge in [-0.1, -0.05) is 24.3 Å². The molecule has 0 radical (unpaired) electrons. The summed E-state index contributed by atoms with van der Waals surface area (Å²) < 4.78 is 5.33. The van der Waals surface area contributed by atoms with E-state index in [1.54, 1.807) is 4.90 Å². The van der Waals surface area contributed by atoms with E-state index in [2.05, 4.69) is 19.1 Å². The molecule has 1 aliphatic carbocycles. The fourth-order valence-electron chi connectivity index (χ4n) is 3.56. The Kier molecular flexibility index (Phi) is 4.66. The van der Waals surface area contributed by atoms with Crippen LogP contribution in [0.3, 0.4) is 0 Å². The molecule has 1 amide bonds. The van der Waals surface area contributed by atoms with E-state index in [1.807, 2.05) is 12.1 Å². The Morgan fingerprint density at radius 1 is 1.26 bits per heavy atom. The lowest BCUT2D eigenvalue weighted by Gasteiger charge is -2.33. The van der Waals surface area contributed by atoms with Crippen molar-refractivity contribution in [3.05, 3.63) is 35.4 Å². The summed E-state index contributed by atoms with van der Waals surface area (Å²) >= 11 is 0. The molecule has 5 heteroatoms. The maximum absolute atomic E-state index is 12.9. The fourth-order valence-corrected chi connectivity index (χ4v) is 3.56. The van der Waals surface area contributed by atoms with Crippen molar-refractivity contribution in [1.29, 1.82) is 0 Å². The number of amides is 1. The van der Waals surface area contributed by atoms with Crippen LogP contribution in [0.2, 0.25) is 0 Å². The van der Waals surface area contributed by atoms with Gasteiger partial charge in [-0.05, 0) is 43.2 Å². The van der Waals surface area contributed by atoms with Crippen LogP contribution < -0.4 is 0 Å². The third-order valence-electron chi connectivity index (χ3n) is 4.92. The standard InChI is InChI=1S/C18H23NO4/c1-12-4-2-3-5-14(12)15-10-16(15)18(22)19(11-17(20)21)13-6-8-23-9-7-13/h2-5,13,15-16H,6-11H2,1H3,(H,20,21). The summed E-state index contributed by atoms with van der Waals surface area (Å²) in [5, 5.41) is 9.17. The first-order chi connectivity index (χ1) is 11.1. The molecule has 2 atom stereocenters. The molecule has 1 saturated carbocycles. The Labute approximate surface area is 136 Å². The summed E-state index contributed by atoms with van der Waals surface area (Å²) in [6.07, 6.45) is 2.27. The van der Waals surface area contributed by atoms with Gasteiger partial charge in [0, 0.05) is 25.2 Å². The highest BCUT2D eigenvalue weighted by Crippen LogP contribution is 2.49. The minimum atomic E-state index is -0.946. The van der Waals surface area contributed by atoms with Gasteiger partial charge in [0.25, 0.3) is 0 Å². The highest BCUT2D eigenvalue weighted by molar-refractivity contribution is 5.86. The van der Waals surface area contributed by atoms with E-state index in [4.69, 9.17) is 9.84 Å². The van der Waals surface area contributed by atoms with Gasteiger partial charge in [0.1, 0.15) is 6.54 Å². The van der Waals surface area contributed by atoms with Crippen LogP contribution in [0.1, 0.15) is 36.3 Å². The lowest BCUT2D eigenvalue weighted by molar-refractivity contribution is -0.148. The molecule has 1 heterocycles. The SMILES string of the molecule is Cc1ccccc1C1CC1C(=O)N(CC(=O)O)C1CCOCC1. The van der Waals surface area contributed by atoms with Gasteiger partial charge in [-0.3, -0.25) is 9.59 Å². The quantitative estimate of drug-likeness (QED) is 0.904. The van der Waals surface area contributed by atoms with Crippen molar-refractivity contribution in [2.45, 2.75) is 38.1 Å². The minimum absolute atomic E-state index is 0.00690. The highest BCUT2D eigenvalue weighted by Gasteiger charge is 2.47. The van der Waals surface area contributed by atoms with Gasteiger partial charge in [-0.2, -0.15) is 0 Å². The van der Waals surface area contributed by atoms with Crippen LogP contribution in [0.15, 0.2) is 24.3 Å². The topological polar surface area (TPSA) is 66.8 Å². The number of ether oxygens (including phenoxy) is 1. The summed E-state index contributed by atoms with van der Waals surface area (Å²) in [5.41, 5.74) is 2.41. The van der Waals surface area contributed by atoms with Gasteiger partial charge in [0.2, 0.25) is 5.91 Å². The molecule has 1 N–H and O–H groups in total. The van der Waals surface area contributed by atoms with Crippen molar-refractivity contribution in [2.75, 3.05) is 19.8 Å². The normalized spacial score (nSPS) is 24.2. The molecule has 1 aromatic carbocycles. The molecular weight excluding hydrogens is 294 g/mol. The number of aliphatic carboxylic acids is 1. The largest absolute Gasteiger partial charge is 0.480 e. The first-order valence-electron chi connectivity index (χ1n) is 8.23. The second-order valence-electron chi connectivity index (χ2n) is 6.51. The Morgan fingerprint density at radius 2 is 1.96 bits per heavy atom. The Balaban J connectivity index is 1.71. The van der Waals surface area contributed by atoms with E-state index in [0.29, 0.717) is 13.2 Å². The summed E-state index contributed by atoms with van der Waals surface area (Å²) in [4.78, 5) is 25.6. The Morgan fingerprint density at radius 3 is 2.61 bits per heavy atom. The number of carbonyl (C=O) groups is 2. The lowest BCUT2D eigenvalue weighted by atomic mass is 10.0. The number of carbonyl (C=O) groups excluding carboxylic acids is 1. The van der Waals surface area contributed by atoms with Crippen LogP contribution in [0.4, 0.5) is 0 Å². The summed E-state index contributed by atoms with van der Waals surface area (Å²) in [5.74, 6) is -0.788. The van der Waals surface area contributed by atoms with Crippen LogP contribution in [-0.4, -0.2) is 47.7 Å². The number of hydrogen-bond donors (Lipinski definition) is 1. The van der Waals surface area contributed by atoms with Crippen molar-refractivity contribution < 1.29 is 19.4 Å². The van der Waals surface area contributed by atoms with Crippen molar-refractivity contribution in [2.24, 2.45) is 5.92 Å². The molecule has 1 saturated heterocycles. The van der Waals surface area contributed by atoms with Gasteiger partial charge in [0.15, 0.2) is 0 Å². The fraction of sp³-hybridized carbons (Fsp3) is 0.556. The predicted molar refractivity (Wildman–Crippen MR) is 85.2 cm³/mol. The van der Waals surface area contributed by atoms with Crippen molar-refractivity contribution >= 4 is 11.9 Å². The molecule has 2 aliphatic rings. The zero-order valence-electron chi connectivity index (χ0n) is 13.4. The molecule has 3 rings (SSSR count). The first-order valence-corrected chi connectivity index (χ1v) is 8.23. The number of hydrogen-bond acceptors (Lipinski definition) is 3. The number of carboxylic acids is 1. The monoisotopic (exact) mass is 317 g/mol.